The van der Waals surface area contributed by atoms with Gasteiger partial charge >= 0.3 is 0 Å². The molecule has 0 aliphatic heterocycles. The Hall–Kier alpha value is -0.346. The predicted molar refractivity (Wildman–Crippen MR) is 109 cm³/mol. The molecule has 2 heteroatoms. The Balaban J connectivity index is 3.35. The highest BCUT2D eigenvalue weighted by Crippen LogP contribution is 2.29. The van der Waals surface area contributed by atoms with Gasteiger partial charge in [-0.25, -0.2) is 0 Å². The van der Waals surface area contributed by atoms with Crippen molar-refractivity contribution in [2.45, 2.75) is 90.6 Å². The Morgan fingerprint density at radius 2 is 1.23 bits per heavy atom. The van der Waals surface area contributed by atoms with E-state index in [4.69, 9.17) is 0 Å². The van der Waals surface area contributed by atoms with Crippen LogP contribution in [0.2, 0.25) is 38.3 Å². The summed E-state index contributed by atoms with van der Waals surface area (Å²) in [7, 11) is -1.78. The smallest absolute Gasteiger partial charge is 0.0722 e. The number of hydrogen-bond donors (Lipinski definition) is 0. The van der Waals surface area contributed by atoms with Crippen LogP contribution in [-0.4, -0.2) is 16.9 Å². The fourth-order valence-corrected chi connectivity index (χ4v) is 9.26. The molecule has 0 nitrogen and oxygen atoms in total. The maximum Gasteiger partial charge on any atom is 0.0803 e. The summed E-state index contributed by atoms with van der Waals surface area (Å²) in [4.78, 5) is 0. The molecule has 1 rings (SSSR count). The minimum atomic E-state index is -1.33. The summed E-state index contributed by atoms with van der Waals surface area (Å²) in [5.74, 6) is 0. The minimum Gasteiger partial charge on any atom is -0.0722 e. The van der Waals surface area contributed by atoms with E-state index in [0.29, 0.717) is 0 Å². The van der Waals surface area contributed by atoms with Gasteiger partial charge in [0.05, 0.1) is 8.07 Å². The van der Waals surface area contributed by atoms with Gasteiger partial charge in [0.15, 0.2) is 0 Å². The first-order valence-electron chi connectivity index (χ1n) is 8.90. The van der Waals surface area contributed by atoms with E-state index in [0.717, 1.165) is 0 Å². The van der Waals surface area contributed by atoms with Crippen molar-refractivity contribution in [3.05, 3.63) is 29.3 Å². The largest absolute Gasteiger partial charge is 0.0803 e. The molecule has 1 aromatic rings. The molecule has 0 radical (unpaired) electrons. The van der Waals surface area contributed by atoms with Crippen LogP contribution in [0.15, 0.2) is 18.2 Å². The summed E-state index contributed by atoms with van der Waals surface area (Å²) in [6, 6.07) is 10.5. The van der Waals surface area contributed by atoms with Gasteiger partial charge in [-0.1, -0.05) is 103 Å². The number of hydrogen-bond acceptors (Lipinski definition) is 0. The van der Waals surface area contributed by atoms with Crippen LogP contribution >= 0.6 is 0 Å². The van der Waals surface area contributed by atoms with Gasteiger partial charge in [-0.2, -0.15) is 0 Å². The van der Waals surface area contributed by atoms with Crippen molar-refractivity contribution in [1.82, 2.24) is 0 Å². The maximum absolute atomic E-state index is 2.57. The molecule has 0 spiro atoms. The van der Waals surface area contributed by atoms with E-state index in [1.54, 1.807) is 5.19 Å². The molecule has 126 valence electrons. The third-order valence-electron chi connectivity index (χ3n) is 4.79. The van der Waals surface area contributed by atoms with Crippen molar-refractivity contribution in [3.63, 3.8) is 0 Å². The van der Waals surface area contributed by atoms with Gasteiger partial charge < -0.3 is 0 Å². The lowest BCUT2D eigenvalue weighted by molar-refractivity contribution is 0.569. The molecule has 22 heavy (non-hydrogen) atoms. The maximum atomic E-state index is 2.57. The van der Waals surface area contributed by atoms with Crippen molar-refractivity contribution in [1.29, 1.82) is 0 Å². The van der Waals surface area contributed by atoms with Crippen LogP contribution in [0.4, 0.5) is 0 Å². The molecule has 0 atom stereocenters. The van der Waals surface area contributed by atoms with Gasteiger partial charge in [0.1, 0.15) is 0 Å². The molecule has 0 unspecified atom stereocenters. The summed E-state index contributed by atoms with van der Waals surface area (Å²) >= 11 is 0. The van der Waals surface area contributed by atoms with Crippen LogP contribution in [-0.2, 0) is 10.8 Å². The molecule has 0 saturated heterocycles. The van der Waals surface area contributed by atoms with E-state index in [1.165, 1.54) is 23.2 Å². The topological polar surface area (TPSA) is 0 Å². The Morgan fingerprint density at radius 1 is 0.818 bits per heavy atom. The van der Waals surface area contributed by atoms with E-state index < -0.39 is 16.9 Å². The van der Waals surface area contributed by atoms with Crippen LogP contribution in [0.3, 0.4) is 0 Å². The van der Waals surface area contributed by atoms with Gasteiger partial charge in [-0.05, 0) is 22.0 Å². The van der Waals surface area contributed by atoms with Crippen molar-refractivity contribution >= 4 is 22.1 Å². The molecule has 0 N–H and O–H groups in total. The third-order valence-corrected chi connectivity index (χ3v) is 10.2. The molecule has 0 bridgehead atoms. The first kappa shape index (κ1) is 19.7. The molecule has 0 aromatic heterocycles. The van der Waals surface area contributed by atoms with Crippen LogP contribution in [0.25, 0.3) is 0 Å². The highest BCUT2D eigenvalue weighted by atomic mass is 28.3. The zero-order chi connectivity index (χ0) is 17.3. The molecule has 0 aliphatic carbocycles. The summed E-state index contributed by atoms with van der Waals surface area (Å²) in [5, 5.41) is 1.67. The Kier molecular flexibility index (Phi) is 5.95. The molecule has 0 heterocycles. The van der Waals surface area contributed by atoms with Crippen LogP contribution in [0.1, 0.15) is 52.7 Å². The van der Waals surface area contributed by atoms with Crippen molar-refractivity contribution in [2.75, 3.05) is 0 Å². The summed E-state index contributed by atoms with van der Waals surface area (Å²) in [6.45, 7) is 24.1. The van der Waals surface area contributed by atoms with Crippen molar-refractivity contribution < 1.29 is 0 Å². The van der Waals surface area contributed by atoms with Gasteiger partial charge in [-0.3, -0.25) is 0 Å². The quantitative estimate of drug-likeness (QED) is 0.621. The zero-order valence-corrected chi connectivity index (χ0v) is 18.9. The SMILES string of the molecule is C[SiH](C)CC[Si](C)(C)c1cc(C(C)(C)C)cc(C(C)(C)C)c1. The normalized spacial score (nSPS) is 13.8. The zero-order valence-electron chi connectivity index (χ0n) is 16.7. The van der Waals surface area contributed by atoms with Gasteiger partial charge in [-0.15, -0.1) is 0 Å². The van der Waals surface area contributed by atoms with Crippen molar-refractivity contribution in [3.8, 4) is 0 Å². The van der Waals surface area contributed by atoms with E-state index in [9.17, 15) is 0 Å². The second-order valence-corrected chi connectivity index (χ2v) is 18.3. The first-order chi connectivity index (χ1) is 9.73. The van der Waals surface area contributed by atoms with E-state index in [1.807, 2.05) is 0 Å². The Bertz CT molecular complexity index is 467. The fourth-order valence-electron chi connectivity index (χ4n) is 2.68. The predicted octanol–water partition coefficient (Wildman–Crippen LogP) is 5.68. The standard InChI is InChI=1S/C20H38Si2/c1-19(2,3)16-13-17(20(4,5)6)15-18(14-16)22(9,10)12-11-21(7)8/h13-15,21H,11-12H2,1-10H3. The molecule has 0 amide bonds. The number of rotatable bonds is 4. The van der Waals surface area contributed by atoms with E-state index in [-0.39, 0.29) is 10.8 Å². The monoisotopic (exact) mass is 334 g/mol. The summed E-state index contributed by atoms with van der Waals surface area (Å²) < 4.78 is 0. The van der Waals surface area contributed by atoms with Crippen LogP contribution < -0.4 is 5.19 Å². The second kappa shape index (κ2) is 6.64. The fraction of sp³-hybridized carbons (Fsp3) is 0.700. The average Bonchev–Trinajstić information content (AvgIpc) is 2.34. The third kappa shape index (κ3) is 5.38. The summed E-state index contributed by atoms with van der Waals surface area (Å²) in [6.07, 6.45) is 0. The molecular weight excluding hydrogens is 296 g/mol. The molecule has 0 fully saturated rings. The lowest BCUT2D eigenvalue weighted by Crippen LogP contribution is -2.43. The summed E-state index contributed by atoms with van der Waals surface area (Å²) in [5.41, 5.74) is 3.48. The lowest BCUT2D eigenvalue weighted by atomic mass is 9.81. The van der Waals surface area contributed by atoms with Crippen LogP contribution in [0, 0.1) is 0 Å². The van der Waals surface area contributed by atoms with E-state index >= 15 is 0 Å². The molecule has 1 aromatic carbocycles. The average molecular weight is 335 g/mol. The lowest BCUT2D eigenvalue weighted by Gasteiger charge is -2.31. The van der Waals surface area contributed by atoms with Crippen molar-refractivity contribution in [2.24, 2.45) is 0 Å². The van der Waals surface area contributed by atoms with E-state index in [2.05, 4.69) is 85.9 Å². The minimum absolute atomic E-state index is 0.229. The Morgan fingerprint density at radius 3 is 1.55 bits per heavy atom. The second-order valence-electron chi connectivity index (χ2n) is 10.1. The van der Waals surface area contributed by atoms with Crippen LogP contribution in [0.5, 0.6) is 0 Å². The highest BCUT2D eigenvalue weighted by Gasteiger charge is 2.28. The van der Waals surface area contributed by atoms with Gasteiger partial charge in [0, 0.05) is 8.80 Å². The Labute approximate surface area is 142 Å². The molecule has 0 aliphatic rings. The number of benzene rings is 1. The molecule has 0 saturated carbocycles. The highest BCUT2D eigenvalue weighted by molar-refractivity contribution is 6.90. The first-order valence-corrected chi connectivity index (χ1v) is 15.2. The van der Waals surface area contributed by atoms with Gasteiger partial charge in [0.2, 0.25) is 0 Å². The molecular formula is C20H38Si2. The van der Waals surface area contributed by atoms with Gasteiger partial charge in [0.25, 0.3) is 0 Å².